The Kier molecular flexibility index (Phi) is 4.98. The molecule has 0 aliphatic rings. The summed E-state index contributed by atoms with van der Waals surface area (Å²) in [6.07, 6.45) is 0. The van der Waals surface area contributed by atoms with E-state index in [0.717, 1.165) is 17.1 Å². The number of hydrogen-bond donors (Lipinski definition) is 1. The first-order chi connectivity index (χ1) is 10.1. The number of methoxy groups -OCH3 is 1. The average molecular weight is 287 g/mol. The Morgan fingerprint density at radius 2 is 1.90 bits per heavy atom. The molecule has 0 aliphatic heterocycles. The van der Waals surface area contributed by atoms with Crippen LogP contribution in [-0.2, 0) is 0 Å². The van der Waals surface area contributed by atoms with Crippen LogP contribution in [0.25, 0.3) is 0 Å². The number of anilines is 1. The standard InChI is InChI=1S/C16H21N3O2/c1-5-21-16-10-15(18-12(3)19-16)17-11(2)13-6-8-14(20-4)9-7-13/h6-11H,5H2,1-4H3,(H,17,18,19). The SMILES string of the molecule is CCOc1cc(NC(C)c2ccc(OC)cc2)nc(C)n1. The molecule has 0 saturated carbocycles. The van der Waals surface area contributed by atoms with Crippen LogP contribution < -0.4 is 14.8 Å². The molecule has 0 fully saturated rings. The van der Waals surface area contributed by atoms with E-state index >= 15 is 0 Å². The highest BCUT2D eigenvalue weighted by Gasteiger charge is 2.08. The van der Waals surface area contributed by atoms with E-state index in [9.17, 15) is 0 Å². The molecule has 112 valence electrons. The van der Waals surface area contributed by atoms with E-state index in [1.807, 2.05) is 44.2 Å². The lowest BCUT2D eigenvalue weighted by Gasteiger charge is -2.16. The minimum atomic E-state index is 0.125. The van der Waals surface area contributed by atoms with Gasteiger partial charge in [0.2, 0.25) is 5.88 Å². The van der Waals surface area contributed by atoms with E-state index in [-0.39, 0.29) is 6.04 Å². The molecule has 0 bridgehead atoms. The van der Waals surface area contributed by atoms with E-state index in [0.29, 0.717) is 18.3 Å². The molecule has 1 aromatic heterocycles. The van der Waals surface area contributed by atoms with E-state index in [1.165, 1.54) is 0 Å². The van der Waals surface area contributed by atoms with Gasteiger partial charge in [-0.3, -0.25) is 0 Å². The maximum Gasteiger partial charge on any atom is 0.218 e. The lowest BCUT2D eigenvalue weighted by atomic mass is 10.1. The number of nitrogens with one attached hydrogen (secondary N) is 1. The average Bonchev–Trinajstić information content (AvgIpc) is 2.47. The molecular formula is C16H21N3O2. The van der Waals surface area contributed by atoms with Gasteiger partial charge in [-0.25, -0.2) is 4.98 Å². The predicted molar refractivity (Wildman–Crippen MR) is 83.0 cm³/mol. The van der Waals surface area contributed by atoms with E-state index < -0.39 is 0 Å². The molecule has 5 heteroatoms. The van der Waals surface area contributed by atoms with Gasteiger partial charge in [0.15, 0.2) is 0 Å². The van der Waals surface area contributed by atoms with Gasteiger partial charge in [0.05, 0.1) is 13.7 Å². The third kappa shape index (κ3) is 4.08. The lowest BCUT2D eigenvalue weighted by Crippen LogP contribution is -2.09. The third-order valence-corrected chi connectivity index (χ3v) is 3.09. The van der Waals surface area contributed by atoms with Crippen molar-refractivity contribution in [3.8, 4) is 11.6 Å². The molecule has 1 unspecified atom stereocenters. The predicted octanol–water partition coefficient (Wildman–Crippen LogP) is 3.37. The number of aryl methyl sites for hydroxylation is 1. The van der Waals surface area contributed by atoms with Crippen LogP contribution in [-0.4, -0.2) is 23.7 Å². The monoisotopic (exact) mass is 287 g/mol. The Morgan fingerprint density at radius 3 is 2.52 bits per heavy atom. The summed E-state index contributed by atoms with van der Waals surface area (Å²) in [5.41, 5.74) is 1.16. The molecule has 0 spiro atoms. The van der Waals surface area contributed by atoms with Crippen molar-refractivity contribution in [2.75, 3.05) is 19.0 Å². The Hall–Kier alpha value is -2.30. The van der Waals surface area contributed by atoms with Crippen LogP contribution in [0.2, 0.25) is 0 Å². The molecule has 1 N–H and O–H groups in total. The first-order valence-electron chi connectivity index (χ1n) is 7.01. The van der Waals surface area contributed by atoms with Crippen LogP contribution in [0.15, 0.2) is 30.3 Å². The van der Waals surface area contributed by atoms with Gasteiger partial charge in [-0.05, 0) is 38.5 Å². The summed E-state index contributed by atoms with van der Waals surface area (Å²) in [6, 6.07) is 9.91. The van der Waals surface area contributed by atoms with Crippen molar-refractivity contribution in [2.45, 2.75) is 26.8 Å². The molecule has 1 heterocycles. The van der Waals surface area contributed by atoms with Crippen molar-refractivity contribution in [3.05, 3.63) is 41.7 Å². The van der Waals surface area contributed by atoms with Crippen LogP contribution in [0.3, 0.4) is 0 Å². The zero-order valence-corrected chi connectivity index (χ0v) is 12.9. The van der Waals surface area contributed by atoms with E-state index in [2.05, 4.69) is 22.2 Å². The molecule has 21 heavy (non-hydrogen) atoms. The molecule has 2 aromatic rings. The quantitative estimate of drug-likeness (QED) is 0.882. The first kappa shape index (κ1) is 15.1. The summed E-state index contributed by atoms with van der Waals surface area (Å²) in [5.74, 6) is 2.89. The molecule has 0 saturated heterocycles. The number of aromatic nitrogens is 2. The van der Waals surface area contributed by atoms with Gasteiger partial charge in [-0.2, -0.15) is 4.98 Å². The summed E-state index contributed by atoms with van der Waals surface area (Å²) in [4.78, 5) is 8.62. The number of benzene rings is 1. The molecule has 1 atom stereocenters. The van der Waals surface area contributed by atoms with Gasteiger partial charge in [-0.1, -0.05) is 12.1 Å². The highest BCUT2D eigenvalue weighted by atomic mass is 16.5. The summed E-state index contributed by atoms with van der Waals surface area (Å²) in [7, 11) is 1.66. The molecule has 0 amide bonds. The van der Waals surface area contributed by atoms with Gasteiger partial charge in [0.25, 0.3) is 0 Å². The highest BCUT2D eigenvalue weighted by Crippen LogP contribution is 2.22. The fraction of sp³-hybridized carbons (Fsp3) is 0.375. The van der Waals surface area contributed by atoms with Crippen molar-refractivity contribution >= 4 is 5.82 Å². The summed E-state index contributed by atoms with van der Waals surface area (Å²) >= 11 is 0. The maximum absolute atomic E-state index is 5.44. The largest absolute Gasteiger partial charge is 0.497 e. The smallest absolute Gasteiger partial charge is 0.218 e. The molecule has 2 rings (SSSR count). The van der Waals surface area contributed by atoms with Crippen molar-refractivity contribution in [2.24, 2.45) is 0 Å². The van der Waals surface area contributed by atoms with Crippen LogP contribution in [0.5, 0.6) is 11.6 Å². The zero-order valence-electron chi connectivity index (χ0n) is 12.9. The maximum atomic E-state index is 5.44. The number of ether oxygens (including phenoxy) is 2. The normalized spacial score (nSPS) is 11.8. The molecule has 5 nitrogen and oxygen atoms in total. The number of hydrogen-bond acceptors (Lipinski definition) is 5. The highest BCUT2D eigenvalue weighted by molar-refractivity contribution is 5.42. The van der Waals surface area contributed by atoms with Gasteiger partial charge >= 0.3 is 0 Å². The summed E-state index contributed by atoms with van der Waals surface area (Å²) in [5, 5.41) is 3.36. The van der Waals surface area contributed by atoms with Crippen LogP contribution in [0, 0.1) is 6.92 Å². The van der Waals surface area contributed by atoms with Crippen molar-refractivity contribution < 1.29 is 9.47 Å². The lowest BCUT2D eigenvalue weighted by molar-refractivity contribution is 0.325. The third-order valence-electron chi connectivity index (χ3n) is 3.09. The minimum absolute atomic E-state index is 0.125. The van der Waals surface area contributed by atoms with Gasteiger partial charge in [0, 0.05) is 12.1 Å². The van der Waals surface area contributed by atoms with E-state index in [1.54, 1.807) is 7.11 Å². The van der Waals surface area contributed by atoms with Gasteiger partial charge < -0.3 is 14.8 Å². The molecule has 1 aromatic carbocycles. The fourth-order valence-corrected chi connectivity index (χ4v) is 2.03. The first-order valence-corrected chi connectivity index (χ1v) is 7.01. The van der Waals surface area contributed by atoms with Crippen LogP contribution in [0.4, 0.5) is 5.82 Å². The van der Waals surface area contributed by atoms with Crippen LogP contribution >= 0.6 is 0 Å². The Morgan fingerprint density at radius 1 is 1.19 bits per heavy atom. The zero-order chi connectivity index (χ0) is 15.2. The van der Waals surface area contributed by atoms with Crippen molar-refractivity contribution in [1.82, 2.24) is 9.97 Å². The Bertz CT molecular complexity index is 585. The second kappa shape index (κ2) is 6.92. The second-order valence-corrected chi connectivity index (χ2v) is 4.71. The number of rotatable bonds is 6. The summed E-state index contributed by atoms with van der Waals surface area (Å²) in [6.45, 7) is 6.46. The topological polar surface area (TPSA) is 56.3 Å². The minimum Gasteiger partial charge on any atom is -0.497 e. The van der Waals surface area contributed by atoms with Crippen molar-refractivity contribution in [3.63, 3.8) is 0 Å². The molecular weight excluding hydrogens is 266 g/mol. The second-order valence-electron chi connectivity index (χ2n) is 4.71. The number of nitrogens with zero attached hydrogens (tertiary/aromatic N) is 2. The van der Waals surface area contributed by atoms with Gasteiger partial charge in [0.1, 0.15) is 17.4 Å². The van der Waals surface area contributed by atoms with Crippen molar-refractivity contribution in [1.29, 1.82) is 0 Å². The van der Waals surface area contributed by atoms with E-state index in [4.69, 9.17) is 9.47 Å². The fourth-order valence-electron chi connectivity index (χ4n) is 2.03. The van der Waals surface area contributed by atoms with Gasteiger partial charge in [-0.15, -0.1) is 0 Å². The Labute approximate surface area is 125 Å². The summed E-state index contributed by atoms with van der Waals surface area (Å²) < 4.78 is 10.6. The molecule has 0 radical (unpaired) electrons. The van der Waals surface area contributed by atoms with Crippen LogP contribution in [0.1, 0.15) is 31.3 Å². The Balaban J connectivity index is 2.12. The molecule has 0 aliphatic carbocycles.